The van der Waals surface area contributed by atoms with Gasteiger partial charge in [-0.3, -0.25) is 4.99 Å². The second-order valence-corrected chi connectivity index (χ2v) is 13.8. The minimum absolute atomic E-state index is 0.0991. The molecule has 2 saturated heterocycles. The molecule has 3 unspecified atom stereocenters. The van der Waals surface area contributed by atoms with Gasteiger partial charge in [0.25, 0.3) is 0 Å². The van der Waals surface area contributed by atoms with Gasteiger partial charge in [0, 0.05) is 73.1 Å². The first-order valence-electron chi connectivity index (χ1n) is 16.7. The summed E-state index contributed by atoms with van der Waals surface area (Å²) in [7, 11) is 1.68. The van der Waals surface area contributed by atoms with Crippen LogP contribution in [0.1, 0.15) is 31.4 Å². The first-order chi connectivity index (χ1) is 24.3. The maximum absolute atomic E-state index is 15.0. The monoisotopic (exact) mass is 699 g/mol. The maximum atomic E-state index is 15.0. The van der Waals surface area contributed by atoms with Gasteiger partial charge in [-0.05, 0) is 74.4 Å². The lowest BCUT2D eigenvalue weighted by molar-refractivity contribution is -0.0530. The van der Waals surface area contributed by atoms with Crippen molar-refractivity contribution in [2.75, 3.05) is 48.8 Å². The quantitative estimate of drug-likeness (QED) is 0.134. The van der Waals surface area contributed by atoms with E-state index in [4.69, 9.17) is 4.74 Å². The average Bonchev–Trinajstić information content (AvgIpc) is 3.89. The lowest BCUT2D eigenvalue weighted by atomic mass is 9.90. The number of rotatable bonds is 11. The number of piperazine rings is 1. The van der Waals surface area contributed by atoms with Crippen molar-refractivity contribution in [3.05, 3.63) is 113 Å². The summed E-state index contributed by atoms with van der Waals surface area (Å²) in [5.41, 5.74) is 2.27. The normalized spacial score (nSPS) is 20.2. The van der Waals surface area contributed by atoms with Gasteiger partial charge in [-0.1, -0.05) is 6.07 Å². The third kappa shape index (κ3) is 7.08. The van der Waals surface area contributed by atoms with Crippen LogP contribution in [0.5, 0.6) is 0 Å². The average molecular weight is 700 g/mol. The van der Waals surface area contributed by atoms with Crippen LogP contribution in [-0.2, 0) is 16.9 Å². The van der Waals surface area contributed by atoms with E-state index in [1.54, 1.807) is 46.9 Å². The van der Waals surface area contributed by atoms with Crippen LogP contribution in [-0.4, -0.2) is 80.4 Å². The lowest BCUT2D eigenvalue weighted by Gasteiger charge is -2.37. The Morgan fingerprint density at radius 3 is 2.28 bits per heavy atom. The summed E-state index contributed by atoms with van der Waals surface area (Å²) in [5.74, 6) is -0.515. The lowest BCUT2D eigenvalue weighted by Crippen LogP contribution is -2.46. The summed E-state index contributed by atoms with van der Waals surface area (Å²) in [6, 6.07) is 20.1. The Kier molecular flexibility index (Phi) is 9.81. The largest absolute Gasteiger partial charge is 0.368 e. The topological polar surface area (TPSA) is 98.6 Å². The number of halogens is 2. The van der Waals surface area contributed by atoms with Gasteiger partial charge in [0.15, 0.2) is 0 Å². The van der Waals surface area contributed by atoms with Crippen LogP contribution >= 0.6 is 11.8 Å². The van der Waals surface area contributed by atoms with E-state index in [1.807, 2.05) is 19.1 Å². The fraction of sp³-hybridized carbons (Fsp3) is 0.361. The molecule has 0 N–H and O–H groups in total. The van der Waals surface area contributed by atoms with Crippen molar-refractivity contribution in [2.24, 2.45) is 4.99 Å². The van der Waals surface area contributed by atoms with Gasteiger partial charge in [-0.2, -0.15) is 10.2 Å². The van der Waals surface area contributed by atoms with E-state index in [9.17, 15) is 13.6 Å². The highest BCUT2D eigenvalue weighted by Gasteiger charge is 2.44. The zero-order chi connectivity index (χ0) is 34.7. The SMILES string of the molecule is CN=CC(C)n1ncn(-c2ccc(N3CCN(c4ccc(SCC5CCC(Cn6cncn6)(c6ccc(F)cc6F)O5)cc4)CC3)cc2)c1=O. The molecule has 5 aromatic rings. The molecule has 0 amide bonds. The summed E-state index contributed by atoms with van der Waals surface area (Å²) in [6.07, 6.45) is 7.51. The maximum Gasteiger partial charge on any atom is 0.350 e. The van der Waals surface area contributed by atoms with Crippen LogP contribution in [0.25, 0.3) is 5.69 Å². The number of benzene rings is 3. The van der Waals surface area contributed by atoms with Crippen molar-refractivity contribution in [1.29, 1.82) is 0 Å². The van der Waals surface area contributed by atoms with Gasteiger partial charge in [0.1, 0.15) is 36.2 Å². The summed E-state index contributed by atoms with van der Waals surface area (Å²) in [4.78, 5) is 26.8. The number of aromatic nitrogens is 6. The first-order valence-corrected chi connectivity index (χ1v) is 17.7. The molecule has 260 valence electrons. The molecule has 0 spiro atoms. The van der Waals surface area contributed by atoms with Crippen molar-refractivity contribution in [2.45, 2.75) is 49.0 Å². The van der Waals surface area contributed by atoms with Gasteiger partial charge in [-0.25, -0.2) is 32.5 Å². The van der Waals surface area contributed by atoms with Gasteiger partial charge in [-0.15, -0.1) is 11.8 Å². The molecule has 3 aromatic carbocycles. The molecule has 11 nitrogen and oxygen atoms in total. The Morgan fingerprint density at radius 1 is 0.960 bits per heavy atom. The molecule has 4 heterocycles. The van der Waals surface area contributed by atoms with Gasteiger partial charge in [0.2, 0.25) is 0 Å². The highest BCUT2D eigenvalue weighted by Crippen LogP contribution is 2.43. The van der Waals surface area contributed by atoms with Crippen molar-refractivity contribution in [3.8, 4) is 5.69 Å². The fourth-order valence-electron chi connectivity index (χ4n) is 6.82. The molecule has 14 heteroatoms. The predicted octanol–water partition coefficient (Wildman–Crippen LogP) is 5.36. The Bertz CT molecular complexity index is 1970. The molecule has 7 rings (SSSR count). The summed E-state index contributed by atoms with van der Waals surface area (Å²) in [5, 5.41) is 8.46. The second-order valence-electron chi connectivity index (χ2n) is 12.7. The molecular formula is C36H39F2N9O2S. The van der Waals surface area contributed by atoms with Crippen LogP contribution in [0.4, 0.5) is 20.2 Å². The van der Waals surface area contributed by atoms with Gasteiger partial charge in [0.05, 0.1) is 24.4 Å². The number of nitrogens with zero attached hydrogens (tertiary/aromatic N) is 9. The van der Waals surface area contributed by atoms with Crippen LogP contribution in [0.15, 0.2) is 100 Å². The molecule has 2 aliphatic heterocycles. The highest BCUT2D eigenvalue weighted by atomic mass is 32.2. The number of thioether (sulfide) groups is 1. The minimum atomic E-state index is -0.947. The number of aliphatic imine (C=N–C) groups is 1. The smallest absolute Gasteiger partial charge is 0.350 e. The standard InChI is InChI=1S/C36H39F2N9O2S/c1-26(20-39-2)47-35(48)46(25-42-47)30-6-4-28(5-7-30)43-15-17-44(18-16-43)29-8-10-32(11-9-29)50-21-31-13-14-36(49-31,22-45-24-40-23-41-45)33-12-3-27(37)19-34(33)38/h3-12,19-20,23-26,31H,13-18,21-22H2,1-2H3. The third-order valence-electron chi connectivity index (χ3n) is 9.42. The molecule has 2 fully saturated rings. The molecule has 0 radical (unpaired) electrons. The zero-order valence-electron chi connectivity index (χ0n) is 28.0. The Morgan fingerprint density at radius 2 is 1.64 bits per heavy atom. The first kappa shape index (κ1) is 33.7. The predicted molar refractivity (Wildman–Crippen MR) is 191 cm³/mol. The summed E-state index contributed by atoms with van der Waals surface area (Å²) in [6.45, 7) is 5.72. The molecule has 0 saturated carbocycles. The highest BCUT2D eigenvalue weighted by molar-refractivity contribution is 7.99. The molecule has 0 bridgehead atoms. The van der Waals surface area contributed by atoms with E-state index in [-0.39, 0.29) is 17.8 Å². The number of hydrogen-bond acceptors (Lipinski definition) is 9. The minimum Gasteiger partial charge on any atom is -0.368 e. The molecule has 2 aliphatic rings. The number of ether oxygens (including phenoxy) is 1. The Hall–Kier alpha value is -4.82. The molecule has 50 heavy (non-hydrogen) atoms. The summed E-state index contributed by atoms with van der Waals surface area (Å²) < 4.78 is 39.9. The van der Waals surface area contributed by atoms with Crippen LogP contribution in [0, 0.1) is 11.6 Å². The van der Waals surface area contributed by atoms with Crippen molar-refractivity contribution in [3.63, 3.8) is 0 Å². The van der Waals surface area contributed by atoms with E-state index in [2.05, 4.69) is 66.4 Å². The van der Waals surface area contributed by atoms with Crippen LogP contribution < -0.4 is 15.5 Å². The molecular weight excluding hydrogens is 661 g/mol. The van der Waals surface area contributed by atoms with E-state index in [0.29, 0.717) is 24.3 Å². The van der Waals surface area contributed by atoms with E-state index >= 15 is 0 Å². The second kappa shape index (κ2) is 14.6. The van der Waals surface area contributed by atoms with Crippen LogP contribution in [0.2, 0.25) is 0 Å². The van der Waals surface area contributed by atoms with Crippen molar-refractivity contribution >= 4 is 29.4 Å². The van der Waals surface area contributed by atoms with Gasteiger partial charge < -0.3 is 14.5 Å². The van der Waals surface area contributed by atoms with Crippen molar-refractivity contribution < 1.29 is 13.5 Å². The van der Waals surface area contributed by atoms with E-state index < -0.39 is 17.2 Å². The molecule has 0 aliphatic carbocycles. The molecule has 2 aromatic heterocycles. The summed E-state index contributed by atoms with van der Waals surface area (Å²) >= 11 is 1.71. The third-order valence-corrected chi connectivity index (χ3v) is 10.6. The van der Waals surface area contributed by atoms with E-state index in [0.717, 1.165) is 54.9 Å². The van der Waals surface area contributed by atoms with Crippen molar-refractivity contribution in [1.82, 2.24) is 29.1 Å². The number of anilines is 2. The Balaban J connectivity index is 0.923. The Labute approximate surface area is 293 Å². The molecule has 3 atom stereocenters. The van der Waals surface area contributed by atoms with Crippen LogP contribution in [0.3, 0.4) is 0 Å². The zero-order valence-corrected chi connectivity index (χ0v) is 28.8. The van der Waals surface area contributed by atoms with E-state index in [1.165, 1.54) is 28.8 Å². The number of hydrogen-bond donors (Lipinski definition) is 0. The van der Waals surface area contributed by atoms with Gasteiger partial charge >= 0.3 is 5.69 Å². The fourth-order valence-corrected chi connectivity index (χ4v) is 7.77.